The average molecular weight is 366 g/mol. The van der Waals surface area contributed by atoms with E-state index in [1.165, 1.54) is 22.6 Å². The summed E-state index contributed by atoms with van der Waals surface area (Å²) in [5.41, 5.74) is -1.83. The molecule has 0 saturated heterocycles. The van der Waals surface area contributed by atoms with E-state index in [2.05, 4.69) is 9.72 Å². The van der Waals surface area contributed by atoms with Gasteiger partial charge >= 0.3 is 12.0 Å². The predicted molar refractivity (Wildman–Crippen MR) is 55.1 cm³/mol. The maximum absolute atomic E-state index is 12.4. The first-order valence-corrected chi connectivity index (χ1v) is 4.97. The zero-order chi connectivity index (χ0) is 13.2. The lowest BCUT2D eigenvalue weighted by atomic mass is 10.3. The number of rotatable bonds is 3. The van der Waals surface area contributed by atoms with E-state index in [1.54, 1.807) is 0 Å². The fourth-order valence-corrected chi connectivity index (χ4v) is 1.50. The molecule has 10 heteroatoms. The van der Waals surface area contributed by atoms with Gasteiger partial charge in [0, 0.05) is 6.20 Å². The second-order valence-corrected chi connectivity index (χ2v) is 3.83. The summed E-state index contributed by atoms with van der Waals surface area (Å²) in [6.07, 6.45) is -4.23. The Morgan fingerprint density at radius 1 is 1.53 bits per heavy atom. The molecule has 94 valence electrons. The van der Waals surface area contributed by atoms with Crippen molar-refractivity contribution in [2.24, 2.45) is 0 Å². The summed E-state index contributed by atoms with van der Waals surface area (Å²) in [7, 11) is 0. The molecule has 0 aliphatic rings. The predicted octanol–water partition coefficient (Wildman–Crippen LogP) is 2.96. The van der Waals surface area contributed by atoms with Crippen LogP contribution in [0.3, 0.4) is 0 Å². The van der Waals surface area contributed by atoms with Gasteiger partial charge in [-0.3, -0.25) is 10.1 Å². The van der Waals surface area contributed by atoms with Crippen LogP contribution in [0, 0.1) is 13.7 Å². The van der Waals surface area contributed by atoms with Gasteiger partial charge in [0.25, 0.3) is 0 Å². The summed E-state index contributed by atoms with van der Waals surface area (Å²) in [5.74, 6) is -1.05. The van der Waals surface area contributed by atoms with Gasteiger partial charge in [0.1, 0.15) is 6.67 Å². The third-order valence-electron chi connectivity index (χ3n) is 1.57. The summed E-state index contributed by atoms with van der Waals surface area (Å²) in [4.78, 5) is 12.8. The van der Waals surface area contributed by atoms with E-state index in [1.807, 2.05) is 0 Å². The molecule has 0 aromatic carbocycles. The monoisotopic (exact) mass is 366 g/mol. The van der Waals surface area contributed by atoms with Crippen LogP contribution < -0.4 is 4.74 Å². The molecule has 0 amide bonds. The van der Waals surface area contributed by atoms with Gasteiger partial charge < -0.3 is 4.74 Å². The highest BCUT2D eigenvalue weighted by Gasteiger charge is 2.37. The lowest BCUT2D eigenvalue weighted by Gasteiger charge is -2.11. The van der Waals surface area contributed by atoms with Gasteiger partial charge in [0.2, 0.25) is 5.75 Å². The van der Waals surface area contributed by atoms with Gasteiger partial charge in [-0.2, -0.15) is 0 Å². The topological polar surface area (TPSA) is 65.3 Å². The molecular weight excluding hydrogens is 363 g/mol. The van der Waals surface area contributed by atoms with Crippen LogP contribution in [-0.4, -0.2) is 16.3 Å². The Kier molecular flexibility index (Phi) is 4.06. The van der Waals surface area contributed by atoms with Gasteiger partial charge in [-0.15, -0.1) is 13.2 Å². The number of aromatic nitrogens is 1. The molecular formula is C7H3F4IN2O3. The third-order valence-corrected chi connectivity index (χ3v) is 2.33. The van der Waals surface area contributed by atoms with Crippen LogP contribution in [0.25, 0.3) is 0 Å². The van der Waals surface area contributed by atoms with Crippen LogP contribution in [0.2, 0.25) is 0 Å². The molecule has 0 aliphatic heterocycles. The molecule has 17 heavy (non-hydrogen) atoms. The number of nitrogens with zero attached hydrogens (tertiary/aromatic N) is 2. The van der Waals surface area contributed by atoms with Crippen LogP contribution in [0.15, 0.2) is 6.20 Å². The Labute approximate surface area is 105 Å². The highest BCUT2D eigenvalue weighted by atomic mass is 127. The Hall–Kier alpha value is -1.20. The maximum atomic E-state index is 12.4. The van der Waals surface area contributed by atoms with Crippen molar-refractivity contribution >= 4 is 28.3 Å². The van der Waals surface area contributed by atoms with Gasteiger partial charge in [-0.05, 0) is 22.6 Å². The van der Waals surface area contributed by atoms with Crippen molar-refractivity contribution in [1.82, 2.24) is 4.98 Å². The van der Waals surface area contributed by atoms with Gasteiger partial charge in [0.15, 0.2) is 5.69 Å². The lowest BCUT2D eigenvalue weighted by Crippen LogP contribution is -2.19. The number of halogens is 5. The maximum Gasteiger partial charge on any atom is 0.573 e. The molecule has 1 heterocycles. The molecule has 0 N–H and O–H groups in total. The minimum Gasteiger partial charge on any atom is -0.397 e. The first-order valence-electron chi connectivity index (χ1n) is 3.89. The molecule has 1 rings (SSSR count). The largest absolute Gasteiger partial charge is 0.573 e. The molecule has 0 unspecified atom stereocenters. The van der Waals surface area contributed by atoms with Crippen LogP contribution in [-0.2, 0) is 6.67 Å². The van der Waals surface area contributed by atoms with Gasteiger partial charge in [0.05, 0.1) is 8.49 Å². The van der Waals surface area contributed by atoms with E-state index < -0.39 is 35.1 Å². The summed E-state index contributed by atoms with van der Waals surface area (Å²) in [6.45, 7) is -1.36. The Morgan fingerprint density at radius 2 is 2.12 bits per heavy atom. The molecule has 0 atom stereocenters. The van der Waals surface area contributed by atoms with Crippen molar-refractivity contribution in [1.29, 1.82) is 0 Å². The van der Waals surface area contributed by atoms with Crippen LogP contribution in [0.4, 0.5) is 23.2 Å². The average Bonchev–Trinajstić information content (AvgIpc) is 2.18. The third kappa shape index (κ3) is 3.38. The fraction of sp³-hybridized carbons (Fsp3) is 0.286. The van der Waals surface area contributed by atoms with Crippen LogP contribution in [0.1, 0.15) is 5.69 Å². The number of hydrogen-bond donors (Lipinski definition) is 0. The molecule has 1 aromatic rings. The summed E-state index contributed by atoms with van der Waals surface area (Å²) < 4.78 is 51.8. The molecule has 1 aromatic heterocycles. The summed E-state index contributed by atoms with van der Waals surface area (Å²) in [6, 6.07) is 0. The molecule has 0 saturated carbocycles. The van der Waals surface area contributed by atoms with Crippen molar-refractivity contribution in [2.75, 3.05) is 0 Å². The zero-order valence-corrected chi connectivity index (χ0v) is 9.95. The first kappa shape index (κ1) is 13.9. The second kappa shape index (κ2) is 4.98. The van der Waals surface area contributed by atoms with E-state index in [0.29, 0.717) is 0 Å². The van der Waals surface area contributed by atoms with Crippen molar-refractivity contribution in [3.8, 4) is 5.75 Å². The minimum absolute atomic E-state index is 0.233. The smallest absolute Gasteiger partial charge is 0.397 e. The highest BCUT2D eigenvalue weighted by Crippen LogP contribution is 2.37. The van der Waals surface area contributed by atoms with E-state index >= 15 is 0 Å². The number of nitro groups is 1. The number of hydrogen-bond acceptors (Lipinski definition) is 4. The molecule has 0 radical (unpaired) electrons. The Morgan fingerprint density at radius 3 is 2.53 bits per heavy atom. The first-order chi connectivity index (χ1) is 7.76. The Bertz CT molecular complexity index is 451. The normalized spacial score (nSPS) is 11.4. The number of alkyl halides is 4. The standard InChI is InChI=1S/C7H3F4IN2O3/c8-1-4-5(14(15)16)6(3(12)2-13-4)17-7(9,10)11/h2H,1H2. The zero-order valence-electron chi connectivity index (χ0n) is 7.79. The van der Waals surface area contributed by atoms with E-state index in [9.17, 15) is 27.7 Å². The SMILES string of the molecule is O=[N+]([O-])c1c(CF)ncc(I)c1OC(F)(F)F. The molecule has 0 fully saturated rings. The van der Waals surface area contributed by atoms with E-state index in [0.717, 1.165) is 6.20 Å². The van der Waals surface area contributed by atoms with Crippen molar-refractivity contribution in [3.63, 3.8) is 0 Å². The summed E-state index contributed by atoms with van der Waals surface area (Å²) in [5, 5.41) is 10.6. The van der Waals surface area contributed by atoms with E-state index in [4.69, 9.17) is 0 Å². The highest BCUT2D eigenvalue weighted by molar-refractivity contribution is 14.1. The number of pyridine rings is 1. The van der Waals surface area contributed by atoms with Crippen molar-refractivity contribution in [2.45, 2.75) is 13.0 Å². The molecule has 5 nitrogen and oxygen atoms in total. The van der Waals surface area contributed by atoms with Crippen LogP contribution in [0.5, 0.6) is 5.75 Å². The quantitative estimate of drug-likeness (QED) is 0.357. The van der Waals surface area contributed by atoms with Gasteiger partial charge in [-0.25, -0.2) is 9.37 Å². The second-order valence-electron chi connectivity index (χ2n) is 2.67. The molecule has 0 bridgehead atoms. The van der Waals surface area contributed by atoms with Crippen molar-refractivity contribution in [3.05, 3.63) is 25.6 Å². The van der Waals surface area contributed by atoms with Gasteiger partial charge in [-0.1, -0.05) is 0 Å². The Balaban J connectivity index is 3.39. The number of ether oxygens (including phenoxy) is 1. The van der Waals surface area contributed by atoms with Crippen molar-refractivity contribution < 1.29 is 27.2 Å². The summed E-state index contributed by atoms with van der Waals surface area (Å²) >= 11 is 1.38. The minimum atomic E-state index is -5.10. The van der Waals surface area contributed by atoms with Crippen LogP contribution >= 0.6 is 22.6 Å². The fourth-order valence-electron chi connectivity index (χ4n) is 0.997. The molecule has 0 spiro atoms. The lowest BCUT2D eigenvalue weighted by molar-refractivity contribution is -0.390. The van der Waals surface area contributed by atoms with E-state index in [-0.39, 0.29) is 3.57 Å². The molecule has 0 aliphatic carbocycles.